The second kappa shape index (κ2) is 6.51. The molecule has 0 aliphatic heterocycles. The van der Waals surface area contributed by atoms with E-state index in [1.807, 2.05) is 0 Å². The summed E-state index contributed by atoms with van der Waals surface area (Å²) < 4.78 is 0. The van der Waals surface area contributed by atoms with Crippen LogP contribution in [0.25, 0.3) is 0 Å². The maximum absolute atomic E-state index is 6.21. The Hall–Kier alpha value is -0.210. The highest BCUT2D eigenvalue weighted by Gasteiger charge is 2.12. The van der Waals surface area contributed by atoms with Crippen LogP contribution < -0.4 is 4.90 Å². The smallest absolute Gasteiger partial charge is 0.0467 e. The largest absolute Gasteiger partial charge is 0.372 e. The lowest BCUT2D eigenvalue weighted by Gasteiger charge is -2.28. The summed E-state index contributed by atoms with van der Waals surface area (Å²) in [4.78, 5) is 2.31. The van der Waals surface area contributed by atoms with Crippen molar-refractivity contribution in [1.82, 2.24) is 0 Å². The van der Waals surface area contributed by atoms with E-state index in [2.05, 4.69) is 59.9 Å². The standard InChI is InChI=1S/C13H19BrClN/c1-4-11(5-2)16(3)12-7-6-10(9-14)13(15)8-12/h6-8,11H,4-5,9H2,1-3H3. The number of halogens is 2. The summed E-state index contributed by atoms with van der Waals surface area (Å²) in [6, 6.07) is 6.87. The molecule has 0 bridgehead atoms. The molecule has 0 aromatic heterocycles. The number of anilines is 1. The second-order valence-electron chi connectivity index (χ2n) is 3.99. The second-order valence-corrected chi connectivity index (χ2v) is 4.96. The average Bonchev–Trinajstić information content (AvgIpc) is 2.30. The van der Waals surface area contributed by atoms with Gasteiger partial charge >= 0.3 is 0 Å². The van der Waals surface area contributed by atoms with Gasteiger partial charge in [-0.2, -0.15) is 0 Å². The molecule has 3 heteroatoms. The Morgan fingerprint density at radius 3 is 2.38 bits per heavy atom. The molecule has 0 fully saturated rings. The first-order chi connectivity index (χ1) is 7.63. The minimum atomic E-state index is 0.589. The Balaban J connectivity index is 2.91. The molecule has 0 spiro atoms. The van der Waals surface area contributed by atoms with Crippen molar-refractivity contribution in [2.45, 2.75) is 38.1 Å². The molecule has 0 saturated heterocycles. The number of nitrogens with zero attached hydrogens (tertiary/aromatic N) is 1. The third kappa shape index (κ3) is 3.14. The summed E-state index contributed by atoms with van der Waals surface area (Å²) in [5.41, 5.74) is 2.34. The number of hydrogen-bond acceptors (Lipinski definition) is 1. The van der Waals surface area contributed by atoms with E-state index in [0.29, 0.717) is 6.04 Å². The normalized spacial score (nSPS) is 10.9. The third-order valence-electron chi connectivity index (χ3n) is 3.08. The van der Waals surface area contributed by atoms with Gasteiger partial charge in [0, 0.05) is 29.1 Å². The first kappa shape index (κ1) is 13.9. The van der Waals surface area contributed by atoms with Gasteiger partial charge in [-0.3, -0.25) is 0 Å². The first-order valence-electron chi connectivity index (χ1n) is 5.71. The maximum atomic E-state index is 6.21. The van der Waals surface area contributed by atoms with Gasteiger partial charge in [0.2, 0.25) is 0 Å². The molecule has 0 N–H and O–H groups in total. The minimum absolute atomic E-state index is 0.589. The van der Waals surface area contributed by atoms with E-state index in [9.17, 15) is 0 Å². The van der Waals surface area contributed by atoms with Crippen LogP contribution in [-0.2, 0) is 5.33 Å². The third-order valence-corrected chi connectivity index (χ3v) is 4.03. The molecular formula is C13H19BrClN. The Kier molecular flexibility index (Phi) is 5.63. The highest BCUT2D eigenvalue weighted by atomic mass is 79.9. The lowest BCUT2D eigenvalue weighted by atomic mass is 10.1. The predicted molar refractivity (Wildman–Crippen MR) is 76.9 cm³/mol. The molecule has 0 radical (unpaired) electrons. The molecule has 0 unspecified atom stereocenters. The Morgan fingerprint density at radius 2 is 1.94 bits per heavy atom. The fourth-order valence-corrected chi connectivity index (χ4v) is 2.80. The number of benzene rings is 1. The molecule has 1 aromatic rings. The van der Waals surface area contributed by atoms with Crippen molar-refractivity contribution >= 4 is 33.2 Å². The molecule has 1 aromatic carbocycles. The van der Waals surface area contributed by atoms with Gasteiger partial charge in [-0.15, -0.1) is 0 Å². The van der Waals surface area contributed by atoms with Crippen LogP contribution in [0.3, 0.4) is 0 Å². The van der Waals surface area contributed by atoms with Crippen molar-refractivity contribution in [2.75, 3.05) is 11.9 Å². The van der Waals surface area contributed by atoms with Crippen LogP contribution >= 0.6 is 27.5 Å². The lowest BCUT2D eigenvalue weighted by Crippen LogP contribution is -2.30. The van der Waals surface area contributed by atoms with Crippen molar-refractivity contribution in [3.05, 3.63) is 28.8 Å². The quantitative estimate of drug-likeness (QED) is 0.702. The molecule has 16 heavy (non-hydrogen) atoms. The molecule has 0 amide bonds. The van der Waals surface area contributed by atoms with Gasteiger partial charge in [-0.05, 0) is 30.5 Å². The predicted octanol–water partition coefficient (Wildman–Crippen LogP) is 4.86. The SMILES string of the molecule is CCC(CC)N(C)c1ccc(CBr)c(Cl)c1. The van der Waals surface area contributed by atoms with Crippen LogP contribution in [-0.4, -0.2) is 13.1 Å². The van der Waals surface area contributed by atoms with Gasteiger partial charge in [0.1, 0.15) is 0 Å². The fraction of sp³-hybridized carbons (Fsp3) is 0.538. The monoisotopic (exact) mass is 303 g/mol. The molecular weight excluding hydrogens is 286 g/mol. The number of rotatable bonds is 5. The number of alkyl halides is 1. The number of hydrogen-bond donors (Lipinski definition) is 0. The van der Waals surface area contributed by atoms with Crippen LogP contribution in [0.1, 0.15) is 32.3 Å². The molecule has 0 aliphatic carbocycles. The summed E-state index contributed by atoms with van der Waals surface area (Å²) in [5, 5.41) is 1.65. The lowest BCUT2D eigenvalue weighted by molar-refractivity contribution is 0.591. The van der Waals surface area contributed by atoms with Crippen LogP contribution in [0.2, 0.25) is 5.02 Å². The maximum Gasteiger partial charge on any atom is 0.0467 e. The molecule has 0 aliphatic rings. The van der Waals surface area contributed by atoms with Crippen LogP contribution in [0, 0.1) is 0 Å². The Labute approximate surface area is 112 Å². The van der Waals surface area contributed by atoms with Crippen molar-refractivity contribution in [2.24, 2.45) is 0 Å². The minimum Gasteiger partial charge on any atom is -0.372 e. The average molecular weight is 305 g/mol. The molecule has 0 saturated carbocycles. The van der Waals surface area contributed by atoms with Gasteiger partial charge in [-0.1, -0.05) is 47.4 Å². The molecule has 1 rings (SSSR count). The van der Waals surface area contributed by atoms with Crippen LogP contribution in [0.4, 0.5) is 5.69 Å². The van der Waals surface area contributed by atoms with Crippen molar-refractivity contribution < 1.29 is 0 Å². The summed E-state index contributed by atoms with van der Waals surface area (Å²) in [6.45, 7) is 4.44. The van der Waals surface area contributed by atoms with Gasteiger partial charge in [0.05, 0.1) is 0 Å². The van der Waals surface area contributed by atoms with E-state index in [-0.39, 0.29) is 0 Å². The summed E-state index contributed by atoms with van der Waals surface area (Å²) in [5.74, 6) is 0. The van der Waals surface area contributed by atoms with Crippen molar-refractivity contribution in [3.63, 3.8) is 0 Å². The molecule has 0 heterocycles. The van der Waals surface area contributed by atoms with Crippen LogP contribution in [0.5, 0.6) is 0 Å². The van der Waals surface area contributed by atoms with E-state index in [1.54, 1.807) is 0 Å². The Bertz CT molecular complexity index is 337. The van der Waals surface area contributed by atoms with Crippen molar-refractivity contribution in [3.8, 4) is 0 Å². The van der Waals surface area contributed by atoms with E-state index in [1.165, 1.54) is 5.69 Å². The molecule has 0 atom stereocenters. The molecule has 90 valence electrons. The van der Waals surface area contributed by atoms with Gasteiger partial charge in [-0.25, -0.2) is 0 Å². The highest BCUT2D eigenvalue weighted by Crippen LogP contribution is 2.26. The fourth-order valence-electron chi connectivity index (χ4n) is 1.91. The van der Waals surface area contributed by atoms with Crippen LogP contribution in [0.15, 0.2) is 18.2 Å². The van der Waals surface area contributed by atoms with E-state index >= 15 is 0 Å². The highest BCUT2D eigenvalue weighted by molar-refractivity contribution is 9.08. The topological polar surface area (TPSA) is 3.24 Å². The zero-order valence-electron chi connectivity index (χ0n) is 10.1. The molecule has 1 nitrogen and oxygen atoms in total. The van der Waals surface area contributed by atoms with E-state index in [0.717, 1.165) is 28.8 Å². The van der Waals surface area contributed by atoms with Gasteiger partial charge in [0.15, 0.2) is 0 Å². The first-order valence-corrected chi connectivity index (χ1v) is 7.21. The zero-order valence-corrected chi connectivity index (χ0v) is 12.5. The summed E-state index contributed by atoms with van der Waals surface area (Å²) in [7, 11) is 2.14. The van der Waals surface area contributed by atoms with E-state index in [4.69, 9.17) is 11.6 Å². The summed E-state index contributed by atoms with van der Waals surface area (Å²) in [6.07, 6.45) is 2.32. The zero-order chi connectivity index (χ0) is 12.1. The summed E-state index contributed by atoms with van der Waals surface area (Å²) >= 11 is 9.64. The van der Waals surface area contributed by atoms with E-state index < -0.39 is 0 Å². The Morgan fingerprint density at radius 1 is 1.31 bits per heavy atom. The van der Waals surface area contributed by atoms with Crippen molar-refractivity contribution in [1.29, 1.82) is 0 Å². The van der Waals surface area contributed by atoms with Gasteiger partial charge in [0.25, 0.3) is 0 Å². The van der Waals surface area contributed by atoms with Gasteiger partial charge < -0.3 is 4.90 Å².